The highest BCUT2D eigenvalue weighted by atomic mass is 16.5. The fourth-order valence-electron chi connectivity index (χ4n) is 0.354. The smallest absolute Gasteiger partial charge is 0.113 e. The molecule has 0 saturated heterocycles. The molecule has 0 aromatic heterocycles. The third-order valence-electron chi connectivity index (χ3n) is 1.28. The van der Waals surface area contributed by atoms with Crippen LogP contribution in [0.5, 0.6) is 0 Å². The Hall–Kier alpha value is -0.800. The van der Waals surface area contributed by atoms with Gasteiger partial charge in [-0.05, 0) is 13.8 Å². The molecular weight excluding hydrogens is 140 g/mol. The van der Waals surface area contributed by atoms with Gasteiger partial charge in [-0.15, -0.1) is 0 Å². The van der Waals surface area contributed by atoms with Crippen LogP contribution in [0, 0.1) is 0 Å². The van der Waals surface area contributed by atoms with Gasteiger partial charge in [0.15, 0.2) is 0 Å². The lowest BCUT2D eigenvalue weighted by atomic mass is 10.3. The first-order chi connectivity index (χ1) is 4.95. The van der Waals surface area contributed by atoms with Gasteiger partial charge in [0.1, 0.15) is 11.5 Å². The van der Waals surface area contributed by atoms with Crippen molar-refractivity contribution in [3.05, 3.63) is 24.7 Å². The Labute approximate surface area is 67.7 Å². The summed E-state index contributed by atoms with van der Waals surface area (Å²) in [7, 11) is 0. The summed E-state index contributed by atoms with van der Waals surface area (Å²) in [6.07, 6.45) is 0. The maximum Gasteiger partial charge on any atom is 0.113 e. The molecule has 0 bridgehead atoms. The Morgan fingerprint density at radius 2 is 1.36 bits per heavy atom. The van der Waals surface area contributed by atoms with Crippen molar-refractivity contribution < 1.29 is 4.74 Å². The molecule has 0 heterocycles. The first-order valence-corrected chi connectivity index (χ1v) is 3.51. The number of rotatable bonds is 4. The molecule has 2 atom stereocenters. The second-order valence-electron chi connectivity index (χ2n) is 2.61. The fourth-order valence-corrected chi connectivity index (χ4v) is 0.354. The minimum atomic E-state index is -0.189. The van der Waals surface area contributed by atoms with Gasteiger partial charge in [0.2, 0.25) is 0 Å². The molecule has 0 aliphatic heterocycles. The summed E-state index contributed by atoms with van der Waals surface area (Å²) >= 11 is 0. The third-order valence-corrected chi connectivity index (χ3v) is 1.28. The summed E-state index contributed by atoms with van der Waals surface area (Å²) < 4.78 is 5.13. The molecule has 0 aliphatic rings. The zero-order valence-corrected chi connectivity index (χ0v) is 7.13. The average molecular weight is 156 g/mol. The molecule has 0 aliphatic carbocycles. The van der Waals surface area contributed by atoms with E-state index in [1.54, 1.807) is 13.8 Å². The van der Waals surface area contributed by atoms with Crippen LogP contribution >= 0.6 is 0 Å². The van der Waals surface area contributed by atoms with Crippen molar-refractivity contribution in [1.29, 1.82) is 0 Å². The standard InChI is InChI=1S/C8H16N2O/c1-5(9)7(3)11-8(4)6(2)10/h5-6H,3-4,9-10H2,1-2H3. The summed E-state index contributed by atoms with van der Waals surface area (Å²) in [6, 6.07) is -0.379. The van der Waals surface area contributed by atoms with Crippen molar-refractivity contribution in [2.75, 3.05) is 0 Å². The fraction of sp³-hybridized carbons (Fsp3) is 0.500. The van der Waals surface area contributed by atoms with E-state index in [2.05, 4.69) is 13.2 Å². The molecule has 2 unspecified atom stereocenters. The molecule has 0 aromatic carbocycles. The highest BCUT2D eigenvalue weighted by Crippen LogP contribution is 2.07. The molecule has 0 aromatic rings. The first-order valence-electron chi connectivity index (χ1n) is 3.51. The molecule has 0 rings (SSSR count). The number of hydrogen-bond donors (Lipinski definition) is 2. The lowest BCUT2D eigenvalue weighted by Crippen LogP contribution is -2.24. The van der Waals surface area contributed by atoms with E-state index in [1.807, 2.05) is 0 Å². The SMILES string of the molecule is C=C(OC(=C)C(C)N)C(C)N. The molecule has 3 heteroatoms. The highest BCUT2D eigenvalue weighted by molar-refractivity contribution is 5.02. The van der Waals surface area contributed by atoms with E-state index in [0.29, 0.717) is 11.5 Å². The minimum absolute atomic E-state index is 0.189. The first kappa shape index (κ1) is 10.2. The molecule has 0 radical (unpaired) electrons. The van der Waals surface area contributed by atoms with E-state index in [4.69, 9.17) is 16.2 Å². The van der Waals surface area contributed by atoms with Crippen molar-refractivity contribution in [1.82, 2.24) is 0 Å². The van der Waals surface area contributed by atoms with Gasteiger partial charge in [0.05, 0.1) is 12.1 Å². The number of hydrogen-bond acceptors (Lipinski definition) is 3. The van der Waals surface area contributed by atoms with E-state index in [9.17, 15) is 0 Å². The molecule has 0 saturated carbocycles. The maximum absolute atomic E-state index is 5.48. The zero-order chi connectivity index (χ0) is 9.02. The van der Waals surface area contributed by atoms with Crippen molar-refractivity contribution in [3.63, 3.8) is 0 Å². The summed E-state index contributed by atoms with van der Waals surface area (Å²) in [4.78, 5) is 0. The molecule has 0 amide bonds. The maximum atomic E-state index is 5.48. The van der Waals surface area contributed by atoms with E-state index in [0.717, 1.165) is 0 Å². The Kier molecular flexibility index (Phi) is 3.85. The van der Waals surface area contributed by atoms with Gasteiger partial charge in [-0.1, -0.05) is 13.2 Å². The van der Waals surface area contributed by atoms with Crippen LogP contribution in [-0.4, -0.2) is 12.1 Å². The summed E-state index contributed by atoms with van der Waals surface area (Å²) in [5, 5.41) is 0. The van der Waals surface area contributed by atoms with Gasteiger partial charge in [0.25, 0.3) is 0 Å². The second-order valence-corrected chi connectivity index (χ2v) is 2.61. The molecule has 64 valence electrons. The van der Waals surface area contributed by atoms with Crippen LogP contribution in [0.2, 0.25) is 0 Å². The van der Waals surface area contributed by atoms with Gasteiger partial charge in [-0.2, -0.15) is 0 Å². The van der Waals surface area contributed by atoms with E-state index in [-0.39, 0.29) is 12.1 Å². The van der Waals surface area contributed by atoms with E-state index in [1.165, 1.54) is 0 Å². The van der Waals surface area contributed by atoms with Crippen molar-refractivity contribution in [2.45, 2.75) is 25.9 Å². The van der Waals surface area contributed by atoms with Gasteiger partial charge in [-0.3, -0.25) is 0 Å². The van der Waals surface area contributed by atoms with Crippen molar-refractivity contribution in [3.8, 4) is 0 Å². The van der Waals surface area contributed by atoms with Crippen LogP contribution in [0.3, 0.4) is 0 Å². The summed E-state index contributed by atoms with van der Waals surface area (Å²) in [6.45, 7) is 10.8. The lowest BCUT2D eigenvalue weighted by molar-refractivity contribution is 0.265. The Bertz CT molecular complexity index is 143. The number of ether oxygens (including phenoxy) is 1. The molecule has 0 fully saturated rings. The van der Waals surface area contributed by atoms with Crippen LogP contribution in [0.25, 0.3) is 0 Å². The Morgan fingerprint density at radius 1 is 1.09 bits per heavy atom. The molecular formula is C8H16N2O. The molecule has 11 heavy (non-hydrogen) atoms. The predicted octanol–water partition coefficient (Wildman–Crippen LogP) is 0.725. The zero-order valence-electron chi connectivity index (χ0n) is 7.13. The van der Waals surface area contributed by atoms with Crippen LogP contribution < -0.4 is 11.5 Å². The third kappa shape index (κ3) is 3.80. The monoisotopic (exact) mass is 156 g/mol. The van der Waals surface area contributed by atoms with Crippen molar-refractivity contribution >= 4 is 0 Å². The molecule has 4 N–H and O–H groups in total. The van der Waals surface area contributed by atoms with Gasteiger partial charge < -0.3 is 16.2 Å². The quantitative estimate of drug-likeness (QED) is 0.590. The van der Waals surface area contributed by atoms with Gasteiger partial charge in [-0.25, -0.2) is 0 Å². The van der Waals surface area contributed by atoms with Crippen LogP contribution in [0.4, 0.5) is 0 Å². The number of nitrogens with two attached hydrogens (primary N) is 2. The molecule has 0 spiro atoms. The minimum Gasteiger partial charge on any atom is -0.464 e. The van der Waals surface area contributed by atoms with E-state index >= 15 is 0 Å². The normalized spacial score (nSPS) is 15.3. The highest BCUT2D eigenvalue weighted by Gasteiger charge is 2.06. The average Bonchev–Trinajstić information content (AvgIpc) is 1.87. The summed E-state index contributed by atoms with van der Waals surface area (Å²) in [5.74, 6) is 0.986. The largest absolute Gasteiger partial charge is 0.464 e. The Balaban J connectivity index is 3.86. The second kappa shape index (κ2) is 4.16. The summed E-state index contributed by atoms with van der Waals surface area (Å²) in [5.41, 5.74) is 11.0. The van der Waals surface area contributed by atoms with E-state index < -0.39 is 0 Å². The topological polar surface area (TPSA) is 61.3 Å². The van der Waals surface area contributed by atoms with Crippen LogP contribution in [0.15, 0.2) is 24.7 Å². The van der Waals surface area contributed by atoms with Gasteiger partial charge in [0, 0.05) is 0 Å². The van der Waals surface area contributed by atoms with Gasteiger partial charge >= 0.3 is 0 Å². The Morgan fingerprint density at radius 3 is 1.55 bits per heavy atom. The predicted molar refractivity (Wildman–Crippen MR) is 46.7 cm³/mol. The molecule has 3 nitrogen and oxygen atoms in total. The van der Waals surface area contributed by atoms with Crippen LogP contribution in [-0.2, 0) is 4.74 Å². The lowest BCUT2D eigenvalue weighted by Gasteiger charge is -2.15. The van der Waals surface area contributed by atoms with Crippen molar-refractivity contribution in [2.24, 2.45) is 11.5 Å². The van der Waals surface area contributed by atoms with Crippen LogP contribution in [0.1, 0.15) is 13.8 Å².